The second kappa shape index (κ2) is 7.10. The molecule has 2 aliphatic heterocycles. The van der Waals surface area contributed by atoms with Crippen molar-refractivity contribution in [3.63, 3.8) is 0 Å². The Kier molecular flexibility index (Phi) is 4.67. The van der Waals surface area contributed by atoms with E-state index in [0.29, 0.717) is 5.91 Å². The second-order valence-electron chi connectivity index (χ2n) is 9.47. The zero-order valence-corrected chi connectivity index (χ0v) is 17.8. The molecule has 29 heavy (non-hydrogen) atoms. The standard InChI is InChI=1S/C23H32N4O2/c1-16-13-27(14-17(2)29-16)22(28)18-12-23(18)8-10-26(11-9-23)15-21-24-19-6-4-5-7-20(19)25(21)3/h4-7,16-18H,8-15H2,1-3H3/t16-,17+,18?. The van der Waals surface area contributed by atoms with Gasteiger partial charge >= 0.3 is 0 Å². The fourth-order valence-corrected chi connectivity index (χ4v) is 5.52. The van der Waals surface area contributed by atoms with Crippen LogP contribution in [-0.2, 0) is 23.1 Å². The molecule has 1 amide bonds. The molecule has 1 spiro atoms. The minimum absolute atomic E-state index is 0.146. The predicted molar refractivity (Wildman–Crippen MR) is 112 cm³/mol. The number of morpholine rings is 1. The average molecular weight is 397 g/mol. The van der Waals surface area contributed by atoms with Gasteiger partial charge in [0.2, 0.25) is 5.91 Å². The Balaban J connectivity index is 1.19. The Labute approximate surface area is 172 Å². The average Bonchev–Trinajstić information content (AvgIpc) is 3.31. The molecule has 6 heteroatoms. The van der Waals surface area contributed by atoms with Crippen molar-refractivity contribution in [1.29, 1.82) is 0 Å². The van der Waals surface area contributed by atoms with E-state index in [2.05, 4.69) is 53.5 Å². The van der Waals surface area contributed by atoms with Gasteiger partial charge in [0.15, 0.2) is 0 Å². The van der Waals surface area contributed by atoms with E-state index >= 15 is 0 Å². The molecule has 156 valence electrons. The van der Waals surface area contributed by atoms with Crippen LogP contribution in [-0.4, -0.2) is 63.6 Å². The second-order valence-corrected chi connectivity index (χ2v) is 9.47. The molecule has 1 aliphatic carbocycles. The molecule has 2 aromatic rings. The number of nitrogens with zero attached hydrogens (tertiary/aromatic N) is 4. The maximum Gasteiger partial charge on any atom is 0.226 e. The van der Waals surface area contributed by atoms with Crippen LogP contribution in [0.5, 0.6) is 0 Å². The van der Waals surface area contributed by atoms with Crippen molar-refractivity contribution in [1.82, 2.24) is 19.4 Å². The maximum atomic E-state index is 13.1. The first-order chi connectivity index (χ1) is 13.9. The first kappa shape index (κ1) is 19.1. The van der Waals surface area contributed by atoms with Crippen LogP contribution in [0, 0.1) is 11.3 Å². The molecule has 0 bridgehead atoms. The number of likely N-dealkylation sites (tertiary alicyclic amines) is 1. The highest BCUT2D eigenvalue weighted by Gasteiger charge is 2.59. The van der Waals surface area contributed by atoms with E-state index in [0.717, 1.165) is 63.3 Å². The molecule has 2 saturated heterocycles. The predicted octanol–water partition coefficient (Wildman–Crippen LogP) is 2.81. The van der Waals surface area contributed by atoms with Crippen molar-refractivity contribution in [2.24, 2.45) is 18.4 Å². The summed E-state index contributed by atoms with van der Waals surface area (Å²) in [5, 5.41) is 0. The van der Waals surface area contributed by atoms with Gasteiger partial charge in [0, 0.05) is 26.1 Å². The number of rotatable bonds is 3. The molecule has 1 aromatic carbocycles. The highest BCUT2D eigenvalue weighted by molar-refractivity contribution is 5.83. The number of hydrogen-bond acceptors (Lipinski definition) is 4. The topological polar surface area (TPSA) is 50.6 Å². The number of ether oxygens (including phenoxy) is 1. The first-order valence-corrected chi connectivity index (χ1v) is 11.0. The molecule has 5 rings (SSSR count). The summed E-state index contributed by atoms with van der Waals surface area (Å²) < 4.78 is 8.01. The van der Waals surface area contributed by atoms with Crippen molar-refractivity contribution < 1.29 is 9.53 Å². The van der Waals surface area contributed by atoms with E-state index in [9.17, 15) is 4.79 Å². The summed E-state index contributed by atoms with van der Waals surface area (Å²) in [7, 11) is 2.11. The Hall–Kier alpha value is -1.92. The summed E-state index contributed by atoms with van der Waals surface area (Å²) in [5.41, 5.74) is 2.52. The van der Waals surface area contributed by atoms with Gasteiger partial charge < -0.3 is 14.2 Å². The SMILES string of the molecule is C[C@@H]1CN(C(=O)C2CC23CCN(Cc2nc4ccccc4n2C)CC3)C[C@H](C)O1. The molecule has 3 aliphatic rings. The van der Waals surface area contributed by atoms with Gasteiger partial charge in [0.25, 0.3) is 0 Å². The van der Waals surface area contributed by atoms with Crippen LogP contribution < -0.4 is 0 Å². The quantitative estimate of drug-likeness (QED) is 0.801. The van der Waals surface area contributed by atoms with Gasteiger partial charge in [0.1, 0.15) is 5.82 Å². The number of carbonyl (C=O) groups is 1. The van der Waals surface area contributed by atoms with Crippen molar-refractivity contribution in [3.05, 3.63) is 30.1 Å². The fourth-order valence-electron chi connectivity index (χ4n) is 5.52. The lowest BCUT2D eigenvalue weighted by molar-refractivity contribution is -0.145. The van der Waals surface area contributed by atoms with Crippen molar-refractivity contribution in [2.45, 2.75) is 51.9 Å². The number of piperidine rings is 1. The molecule has 3 atom stereocenters. The number of benzene rings is 1. The molecule has 0 radical (unpaired) electrons. The minimum atomic E-state index is 0.146. The van der Waals surface area contributed by atoms with E-state index in [1.54, 1.807) is 0 Å². The number of carbonyl (C=O) groups excluding carboxylic acids is 1. The van der Waals surface area contributed by atoms with Crippen molar-refractivity contribution in [3.8, 4) is 0 Å². The number of amides is 1. The van der Waals surface area contributed by atoms with Crippen LogP contribution in [0.2, 0.25) is 0 Å². The normalized spacial score (nSPS) is 29.5. The smallest absolute Gasteiger partial charge is 0.226 e. The van der Waals surface area contributed by atoms with E-state index in [1.807, 2.05) is 6.07 Å². The van der Waals surface area contributed by atoms with Gasteiger partial charge in [-0.05, 0) is 63.7 Å². The lowest BCUT2D eigenvalue weighted by Gasteiger charge is -2.37. The van der Waals surface area contributed by atoms with Gasteiger partial charge in [-0.25, -0.2) is 4.98 Å². The molecule has 6 nitrogen and oxygen atoms in total. The Morgan fingerprint density at radius 3 is 2.55 bits per heavy atom. The van der Waals surface area contributed by atoms with Gasteiger partial charge in [-0.1, -0.05) is 12.1 Å². The molecule has 1 saturated carbocycles. The third-order valence-corrected chi connectivity index (χ3v) is 7.32. The van der Waals surface area contributed by atoms with Gasteiger partial charge in [-0.2, -0.15) is 0 Å². The minimum Gasteiger partial charge on any atom is -0.372 e. The zero-order chi connectivity index (χ0) is 20.2. The lowest BCUT2D eigenvalue weighted by atomic mass is 9.90. The van der Waals surface area contributed by atoms with E-state index in [-0.39, 0.29) is 23.5 Å². The Morgan fingerprint density at radius 1 is 1.17 bits per heavy atom. The fraction of sp³-hybridized carbons (Fsp3) is 0.652. The summed E-state index contributed by atoms with van der Waals surface area (Å²) in [6.07, 6.45) is 3.62. The number of aromatic nitrogens is 2. The lowest BCUT2D eigenvalue weighted by Crippen LogP contribution is -2.49. The number of hydrogen-bond donors (Lipinski definition) is 0. The summed E-state index contributed by atoms with van der Waals surface area (Å²) in [6.45, 7) is 8.63. The largest absolute Gasteiger partial charge is 0.372 e. The number of imidazole rings is 1. The van der Waals surface area contributed by atoms with Crippen molar-refractivity contribution >= 4 is 16.9 Å². The van der Waals surface area contributed by atoms with Crippen LogP contribution in [0.1, 0.15) is 38.9 Å². The highest BCUT2D eigenvalue weighted by Crippen LogP contribution is 2.60. The van der Waals surface area contributed by atoms with E-state index in [1.165, 1.54) is 5.52 Å². The summed E-state index contributed by atoms with van der Waals surface area (Å²) >= 11 is 0. The van der Waals surface area contributed by atoms with Gasteiger partial charge in [0.05, 0.1) is 29.8 Å². The molecule has 0 N–H and O–H groups in total. The van der Waals surface area contributed by atoms with Crippen molar-refractivity contribution in [2.75, 3.05) is 26.2 Å². The monoisotopic (exact) mass is 396 g/mol. The number of aryl methyl sites for hydroxylation is 1. The van der Waals surface area contributed by atoms with Crippen LogP contribution in [0.25, 0.3) is 11.0 Å². The van der Waals surface area contributed by atoms with Crippen LogP contribution in [0.4, 0.5) is 0 Å². The summed E-state index contributed by atoms with van der Waals surface area (Å²) in [6, 6.07) is 8.32. The van der Waals surface area contributed by atoms with Gasteiger partial charge in [-0.3, -0.25) is 9.69 Å². The number of para-hydroxylation sites is 2. The third kappa shape index (κ3) is 3.46. The summed E-state index contributed by atoms with van der Waals surface area (Å²) in [5.74, 6) is 1.73. The number of fused-ring (bicyclic) bond motifs is 1. The first-order valence-electron chi connectivity index (χ1n) is 11.0. The summed E-state index contributed by atoms with van der Waals surface area (Å²) in [4.78, 5) is 22.5. The van der Waals surface area contributed by atoms with E-state index < -0.39 is 0 Å². The Bertz CT molecular complexity index is 905. The van der Waals surface area contributed by atoms with Crippen LogP contribution in [0.3, 0.4) is 0 Å². The molecule has 1 unspecified atom stereocenters. The molecular formula is C23H32N4O2. The maximum absolute atomic E-state index is 13.1. The highest BCUT2D eigenvalue weighted by atomic mass is 16.5. The zero-order valence-electron chi connectivity index (χ0n) is 17.8. The van der Waals surface area contributed by atoms with Crippen LogP contribution in [0.15, 0.2) is 24.3 Å². The molecule has 3 fully saturated rings. The molecule has 1 aromatic heterocycles. The van der Waals surface area contributed by atoms with Crippen LogP contribution >= 0.6 is 0 Å². The van der Waals surface area contributed by atoms with E-state index in [4.69, 9.17) is 9.72 Å². The molecular weight excluding hydrogens is 364 g/mol. The molecule has 3 heterocycles. The van der Waals surface area contributed by atoms with Gasteiger partial charge in [-0.15, -0.1) is 0 Å². The third-order valence-electron chi connectivity index (χ3n) is 7.32. The Morgan fingerprint density at radius 2 is 1.86 bits per heavy atom.